The van der Waals surface area contributed by atoms with Crippen LogP contribution < -0.4 is 5.32 Å². The summed E-state index contributed by atoms with van der Waals surface area (Å²) in [4.78, 5) is 11.7. The van der Waals surface area contributed by atoms with Gasteiger partial charge >= 0.3 is 6.18 Å². The summed E-state index contributed by atoms with van der Waals surface area (Å²) in [6.45, 7) is 1.83. The zero-order chi connectivity index (χ0) is 20.5. The van der Waals surface area contributed by atoms with Crippen molar-refractivity contribution in [2.24, 2.45) is 0 Å². The number of rotatable bonds is 5. The summed E-state index contributed by atoms with van der Waals surface area (Å²) in [7, 11) is -4.52. The number of nitrogens with one attached hydrogen (secondary N) is 1. The molecule has 0 unspecified atom stereocenters. The second kappa shape index (κ2) is 7.76. The lowest BCUT2D eigenvalue weighted by molar-refractivity contribution is -0.139. The molecular formula is C16H17F3N4O3S2. The van der Waals surface area contributed by atoms with E-state index >= 15 is 0 Å². The average Bonchev–Trinajstić information content (AvgIpc) is 3.30. The molecule has 1 saturated heterocycles. The smallest absolute Gasteiger partial charge is 0.299 e. The van der Waals surface area contributed by atoms with Gasteiger partial charge in [0.25, 0.3) is 0 Å². The highest BCUT2D eigenvalue weighted by Gasteiger charge is 2.44. The van der Waals surface area contributed by atoms with Crippen LogP contribution in [0, 0.1) is 0 Å². The molecule has 1 aliphatic heterocycles. The maximum atomic E-state index is 13.3. The summed E-state index contributed by atoms with van der Waals surface area (Å²) in [5, 5.41) is 11.1. The molecule has 0 bridgehead atoms. The predicted molar refractivity (Wildman–Crippen MR) is 96.3 cm³/mol. The van der Waals surface area contributed by atoms with Gasteiger partial charge in [0.1, 0.15) is 11.0 Å². The monoisotopic (exact) mass is 434 g/mol. The standard InChI is InChI=1S/C16H17F3N4O3S2/c1-2-13-21-22-15(27-13)20-14(24)11-7-5-9-23(11)28(25,26)12-8-4-3-6-10(12)16(17,18)19/h3-4,6,8,11H,2,5,7,9H2,1H3,(H,20,22,24)/t11-/m1/s1. The van der Waals surface area contributed by atoms with E-state index < -0.39 is 38.6 Å². The molecule has 1 amide bonds. The van der Waals surface area contributed by atoms with Crippen LogP contribution in [0.2, 0.25) is 0 Å². The Balaban J connectivity index is 1.89. The first-order valence-corrected chi connectivity index (χ1v) is 10.7. The number of hydrogen-bond donors (Lipinski definition) is 1. The fourth-order valence-corrected chi connectivity index (χ4v) is 5.53. The maximum absolute atomic E-state index is 13.3. The number of hydrogen-bond acceptors (Lipinski definition) is 6. The molecule has 2 aromatic rings. The SMILES string of the molecule is CCc1nnc(NC(=O)[C@H]2CCCN2S(=O)(=O)c2ccccc2C(F)(F)F)s1. The fraction of sp³-hybridized carbons (Fsp3) is 0.438. The van der Waals surface area contributed by atoms with E-state index in [0.717, 1.165) is 27.8 Å². The Labute approximate surface area is 163 Å². The summed E-state index contributed by atoms with van der Waals surface area (Å²) in [5.74, 6) is -0.635. The average molecular weight is 434 g/mol. The van der Waals surface area contributed by atoms with Gasteiger partial charge in [0.2, 0.25) is 21.1 Å². The first-order valence-electron chi connectivity index (χ1n) is 8.46. The number of anilines is 1. The van der Waals surface area contributed by atoms with Crippen molar-refractivity contribution in [3.05, 3.63) is 34.8 Å². The number of carbonyl (C=O) groups excluding carboxylic acids is 1. The number of halogens is 3. The van der Waals surface area contributed by atoms with E-state index in [2.05, 4.69) is 15.5 Å². The zero-order valence-corrected chi connectivity index (χ0v) is 16.4. The lowest BCUT2D eigenvalue weighted by Crippen LogP contribution is -2.43. The van der Waals surface area contributed by atoms with Crippen molar-refractivity contribution in [1.82, 2.24) is 14.5 Å². The molecule has 0 saturated carbocycles. The normalized spacial score (nSPS) is 18.4. The van der Waals surface area contributed by atoms with Crippen LogP contribution in [0.5, 0.6) is 0 Å². The third-order valence-corrected chi connectivity index (χ3v) is 7.23. The van der Waals surface area contributed by atoms with Gasteiger partial charge in [0.05, 0.1) is 10.5 Å². The number of nitrogens with zero attached hydrogens (tertiary/aromatic N) is 3. The summed E-state index contributed by atoms with van der Waals surface area (Å²) < 4.78 is 66.5. The highest BCUT2D eigenvalue weighted by molar-refractivity contribution is 7.89. The van der Waals surface area contributed by atoms with Gasteiger partial charge in [-0.3, -0.25) is 10.1 Å². The van der Waals surface area contributed by atoms with Crippen LogP contribution >= 0.6 is 11.3 Å². The molecule has 28 heavy (non-hydrogen) atoms. The third kappa shape index (κ3) is 4.03. The quantitative estimate of drug-likeness (QED) is 0.781. The summed E-state index contributed by atoms with van der Waals surface area (Å²) in [6, 6.07) is 2.85. The van der Waals surface area contributed by atoms with E-state index in [9.17, 15) is 26.4 Å². The molecule has 2 heterocycles. The highest BCUT2D eigenvalue weighted by Crippen LogP contribution is 2.37. The van der Waals surface area contributed by atoms with Crippen molar-refractivity contribution in [3.8, 4) is 0 Å². The molecule has 1 aliphatic rings. The number of aryl methyl sites for hydroxylation is 1. The maximum Gasteiger partial charge on any atom is 0.417 e. The van der Waals surface area contributed by atoms with Gasteiger partial charge in [-0.05, 0) is 31.4 Å². The molecular weight excluding hydrogens is 417 g/mol. The van der Waals surface area contributed by atoms with Crippen molar-refractivity contribution in [3.63, 3.8) is 0 Å². The van der Waals surface area contributed by atoms with Crippen molar-refractivity contribution in [2.45, 2.75) is 43.3 Å². The van der Waals surface area contributed by atoms with Gasteiger partial charge in [0, 0.05) is 6.54 Å². The molecule has 1 fully saturated rings. The molecule has 1 aromatic heterocycles. The Bertz CT molecular complexity index is 976. The number of carbonyl (C=O) groups is 1. The van der Waals surface area contributed by atoms with Gasteiger partial charge in [-0.2, -0.15) is 17.5 Å². The Morgan fingerprint density at radius 2 is 2.04 bits per heavy atom. The number of aromatic nitrogens is 2. The molecule has 1 aromatic carbocycles. The zero-order valence-electron chi connectivity index (χ0n) is 14.7. The van der Waals surface area contributed by atoms with Gasteiger partial charge in [-0.15, -0.1) is 10.2 Å². The first kappa shape index (κ1) is 20.7. The largest absolute Gasteiger partial charge is 0.417 e. The fourth-order valence-electron chi connectivity index (χ4n) is 2.98. The molecule has 7 nitrogen and oxygen atoms in total. The second-order valence-corrected chi connectivity index (χ2v) is 9.03. The van der Waals surface area contributed by atoms with Gasteiger partial charge in [0.15, 0.2) is 0 Å². The number of sulfonamides is 1. The van der Waals surface area contributed by atoms with Crippen LogP contribution in [0.4, 0.5) is 18.3 Å². The minimum atomic E-state index is -4.83. The van der Waals surface area contributed by atoms with E-state index in [4.69, 9.17) is 0 Å². The lowest BCUT2D eigenvalue weighted by atomic mass is 10.2. The predicted octanol–water partition coefficient (Wildman–Crippen LogP) is 2.91. The first-order chi connectivity index (χ1) is 13.1. The third-order valence-electron chi connectivity index (χ3n) is 4.28. The van der Waals surface area contributed by atoms with E-state index in [0.29, 0.717) is 23.9 Å². The van der Waals surface area contributed by atoms with Crippen molar-refractivity contribution >= 4 is 32.4 Å². The Kier molecular flexibility index (Phi) is 5.73. The van der Waals surface area contributed by atoms with Gasteiger partial charge in [-0.25, -0.2) is 8.42 Å². The summed E-state index contributed by atoms with van der Waals surface area (Å²) in [6.07, 6.45) is -3.63. The van der Waals surface area contributed by atoms with Crippen LogP contribution in [-0.4, -0.2) is 41.4 Å². The van der Waals surface area contributed by atoms with Gasteiger partial charge in [-0.1, -0.05) is 30.4 Å². The Hall–Kier alpha value is -2.05. The van der Waals surface area contributed by atoms with E-state index in [1.807, 2.05) is 6.92 Å². The molecule has 1 atom stereocenters. The van der Waals surface area contributed by atoms with E-state index in [-0.39, 0.29) is 18.1 Å². The highest BCUT2D eigenvalue weighted by atomic mass is 32.2. The Morgan fingerprint density at radius 3 is 2.68 bits per heavy atom. The van der Waals surface area contributed by atoms with Crippen LogP contribution in [0.3, 0.4) is 0 Å². The lowest BCUT2D eigenvalue weighted by Gasteiger charge is -2.24. The second-order valence-electron chi connectivity index (χ2n) is 6.11. The summed E-state index contributed by atoms with van der Waals surface area (Å²) >= 11 is 1.16. The van der Waals surface area contributed by atoms with Crippen LogP contribution in [0.1, 0.15) is 30.3 Å². The molecule has 152 valence electrons. The molecule has 0 aliphatic carbocycles. The van der Waals surface area contributed by atoms with Crippen LogP contribution in [0.15, 0.2) is 29.2 Å². The molecule has 0 spiro atoms. The molecule has 12 heteroatoms. The van der Waals surface area contributed by atoms with Crippen molar-refractivity contribution < 1.29 is 26.4 Å². The van der Waals surface area contributed by atoms with Crippen LogP contribution in [-0.2, 0) is 27.4 Å². The topological polar surface area (TPSA) is 92.3 Å². The minimum Gasteiger partial charge on any atom is -0.299 e. The van der Waals surface area contributed by atoms with Crippen LogP contribution in [0.25, 0.3) is 0 Å². The number of alkyl halides is 3. The van der Waals surface area contributed by atoms with Crippen molar-refractivity contribution in [1.29, 1.82) is 0 Å². The minimum absolute atomic E-state index is 0.0387. The van der Waals surface area contributed by atoms with E-state index in [1.165, 1.54) is 6.07 Å². The van der Waals surface area contributed by atoms with Gasteiger partial charge < -0.3 is 0 Å². The number of benzene rings is 1. The molecule has 0 radical (unpaired) electrons. The Morgan fingerprint density at radius 1 is 1.32 bits per heavy atom. The number of amides is 1. The van der Waals surface area contributed by atoms with Crippen molar-refractivity contribution in [2.75, 3.05) is 11.9 Å². The molecule has 1 N–H and O–H groups in total. The molecule has 3 rings (SSSR count). The summed E-state index contributed by atoms with van der Waals surface area (Å²) in [5.41, 5.74) is -1.25. The van der Waals surface area contributed by atoms with E-state index in [1.54, 1.807) is 0 Å².